The summed E-state index contributed by atoms with van der Waals surface area (Å²) in [5.74, 6) is 0.419. The van der Waals surface area contributed by atoms with Gasteiger partial charge in [0.25, 0.3) is 0 Å². The average Bonchev–Trinajstić information content (AvgIpc) is 3.39. The molecule has 0 saturated heterocycles. The second kappa shape index (κ2) is 7.26. The number of halogens is 2. The largest absolute Gasteiger partial charge is 0.296 e. The highest BCUT2D eigenvalue weighted by molar-refractivity contribution is 6.35. The molecule has 5 rings (SSSR count). The Morgan fingerprint density at radius 1 is 0.967 bits per heavy atom. The van der Waals surface area contributed by atoms with Crippen molar-refractivity contribution in [2.45, 2.75) is 0 Å². The van der Waals surface area contributed by atoms with Crippen molar-refractivity contribution in [1.82, 2.24) is 29.6 Å². The Hall–Kier alpha value is -3.73. The van der Waals surface area contributed by atoms with Gasteiger partial charge in [-0.1, -0.05) is 41.4 Å². The van der Waals surface area contributed by atoms with Crippen molar-refractivity contribution in [3.05, 3.63) is 82.5 Å². The number of para-hydroxylation sites is 1. The molecule has 3 aromatic heterocycles. The number of fused-ring (bicyclic) bond motifs is 1. The summed E-state index contributed by atoms with van der Waals surface area (Å²) in [5, 5.41) is 22.8. The van der Waals surface area contributed by atoms with Crippen molar-refractivity contribution in [2.75, 3.05) is 0 Å². The van der Waals surface area contributed by atoms with E-state index in [4.69, 9.17) is 28.2 Å². The molecule has 0 bridgehead atoms. The molecule has 7 nitrogen and oxygen atoms in total. The molecule has 3 heterocycles. The van der Waals surface area contributed by atoms with E-state index >= 15 is 0 Å². The Balaban J connectivity index is 1.85. The van der Waals surface area contributed by atoms with Crippen LogP contribution in [0.4, 0.5) is 0 Å². The van der Waals surface area contributed by atoms with Crippen LogP contribution in [0.5, 0.6) is 0 Å². The molecule has 0 radical (unpaired) electrons. The summed E-state index contributed by atoms with van der Waals surface area (Å²) < 4.78 is 3.40. The Morgan fingerprint density at radius 2 is 1.80 bits per heavy atom. The Morgan fingerprint density at radius 3 is 2.67 bits per heavy atom. The first-order valence-corrected chi connectivity index (χ1v) is 9.64. The maximum Gasteiger partial charge on any atom is 0.206 e. The van der Waals surface area contributed by atoms with Crippen molar-refractivity contribution in [3.8, 4) is 34.5 Å². The molecule has 0 unspecified atom stereocenters. The van der Waals surface area contributed by atoms with E-state index < -0.39 is 0 Å². The number of rotatable bonds is 3. The van der Waals surface area contributed by atoms with Crippen LogP contribution in [0.25, 0.3) is 34.1 Å². The molecule has 0 N–H and O–H groups in total. The van der Waals surface area contributed by atoms with Gasteiger partial charge < -0.3 is 0 Å². The number of benzene rings is 2. The van der Waals surface area contributed by atoms with Gasteiger partial charge in [0.1, 0.15) is 23.1 Å². The molecule has 0 fully saturated rings. The van der Waals surface area contributed by atoms with E-state index in [0.29, 0.717) is 49.7 Å². The van der Waals surface area contributed by atoms with Gasteiger partial charge in [0.15, 0.2) is 0 Å². The minimum atomic E-state index is 0.419. The summed E-state index contributed by atoms with van der Waals surface area (Å²) in [6.45, 7) is 0. The van der Waals surface area contributed by atoms with Crippen molar-refractivity contribution in [3.63, 3.8) is 0 Å². The molecule has 0 aliphatic carbocycles. The normalized spacial score (nSPS) is 11.0. The van der Waals surface area contributed by atoms with E-state index in [1.165, 1.54) is 4.68 Å². The highest BCUT2D eigenvalue weighted by Crippen LogP contribution is 2.37. The number of pyridine rings is 1. The number of nitrogens with zero attached hydrogens (tertiary/aromatic N) is 7. The second-order valence-corrected chi connectivity index (χ2v) is 7.25. The summed E-state index contributed by atoms with van der Waals surface area (Å²) in [7, 11) is 0. The molecule has 0 amide bonds. The van der Waals surface area contributed by atoms with Crippen LogP contribution in [-0.2, 0) is 0 Å². The standard InChI is InChI=1S/C21H11Cl2N7/c22-14-8-9-16(23)15(11-14)19-20(29-10-4-3-7-18(29)25-19)21-26-27-28-30(21)17-6-2-1-5-13(17)12-24/h1-11H. The third-order valence-electron chi connectivity index (χ3n) is 4.65. The first-order chi connectivity index (χ1) is 14.7. The Bertz CT molecular complexity index is 1450. The number of nitriles is 1. The molecule has 0 spiro atoms. The smallest absolute Gasteiger partial charge is 0.206 e. The zero-order chi connectivity index (χ0) is 20.7. The second-order valence-electron chi connectivity index (χ2n) is 6.41. The van der Waals surface area contributed by atoms with E-state index in [1.54, 1.807) is 36.4 Å². The zero-order valence-corrected chi connectivity index (χ0v) is 16.7. The van der Waals surface area contributed by atoms with Crippen LogP contribution in [-0.4, -0.2) is 29.6 Å². The van der Waals surface area contributed by atoms with Crippen molar-refractivity contribution in [1.29, 1.82) is 5.26 Å². The highest BCUT2D eigenvalue weighted by Gasteiger charge is 2.24. The fourth-order valence-electron chi connectivity index (χ4n) is 3.33. The van der Waals surface area contributed by atoms with Crippen molar-refractivity contribution >= 4 is 28.8 Å². The number of aromatic nitrogens is 6. The molecule has 9 heteroatoms. The van der Waals surface area contributed by atoms with E-state index in [9.17, 15) is 5.26 Å². The minimum absolute atomic E-state index is 0.419. The summed E-state index contributed by atoms with van der Waals surface area (Å²) in [5.41, 5.74) is 3.58. The highest BCUT2D eigenvalue weighted by atomic mass is 35.5. The van der Waals surface area contributed by atoms with Crippen LogP contribution in [0, 0.1) is 11.3 Å². The lowest BCUT2D eigenvalue weighted by Gasteiger charge is -2.09. The maximum atomic E-state index is 9.53. The van der Waals surface area contributed by atoms with Gasteiger partial charge in [-0.2, -0.15) is 9.94 Å². The predicted octanol–water partition coefficient (Wildman–Crippen LogP) is 4.82. The molecular formula is C21H11Cl2N7. The number of hydrogen-bond acceptors (Lipinski definition) is 5. The van der Waals surface area contributed by atoms with Gasteiger partial charge in [0.2, 0.25) is 5.82 Å². The minimum Gasteiger partial charge on any atom is -0.296 e. The van der Waals surface area contributed by atoms with Gasteiger partial charge in [0.05, 0.1) is 16.3 Å². The van der Waals surface area contributed by atoms with Crippen LogP contribution in [0.1, 0.15) is 5.56 Å². The topological polar surface area (TPSA) is 84.7 Å². The molecule has 30 heavy (non-hydrogen) atoms. The monoisotopic (exact) mass is 431 g/mol. The maximum absolute atomic E-state index is 9.53. The van der Waals surface area contributed by atoms with E-state index in [2.05, 4.69) is 21.6 Å². The quantitative estimate of drug-likeness (QED) is 0.408. The fraction of sp³-hybridized carbons (Fsp3) is 0. The number of hydrogen-bond donors (Lipinski definition) is 0. The summed E-state index contributed by atoms with van der Waals surface area (Å²) in [6.07, 6.45) is 1.87. The van der Waals surface area contributed by atoms with Crippen molar-refractivity contribution in [2.24, 2.45) is 0 Å². The summed E-state index contributed by atoms with van der Waals surface area (Å²) in [4.78, 5) is 4.76. The zero-order valence-electron chi connectivity index (χ0n) is 15.2. The van der Waals surface area contributed by atoms with Crippen LogP contribution in [0.3, 0.4) is 0 Å². The molecule has 5 aromatic rings. The lowest BCUT2D eigenvalue weighted by atomic mass is 10.1. The first-order valence-electron chi connectivity index (χ1n) is 8.88. The third-order valence-corrected chi connectivity index (χ3v) is 5.21. The van der Waals surface area contributed by atoms with Crippen LogP contribution in [0.2, 0.25) is 10.0 Å². The SMILES string of the molecule is N#Cc1ccccc1-n1nnnc1-c1c(-c2cc(Cl)ccc2Cl)nc2ccccn12. The number of tetrazole rings is 1. The lowest BCUT2D eigenvalue weighted by Crippen LogP contribution is -2.04. The van der Waals surface area contributed by atoms with Gasteiger partial charge in [-0.05, 0) is 52.9 Å². The molecule has 144 valence electrons. The van der Waals surface area contributed by atoms with Gasteiger partial charge >= 0.3 is 0 Å². The van der Waals surface area contributed by atoms with E-state index in [1.807, 2.05) is 34.9 Å². The summed E-state index contributed by atoms with van der Waals surface area (Å²) >= 11 is 12.7. The molecule has 0 atom stereocenters. The number of imidazole rings is 1. The van der Waals surface area contributed by atoms with Gasteiger partial charge in [-0.25, -0.2) is 4.98 Å². The average molecular weight is 432 g/mol. The third kappa shape index (κ3) is 2.90. The van der Waals surface area contributed by atoms with Gasteiger partial charge in [-0.15, -0.1) is 5.10 Å². The summed E-state index contributed by atoms with van der Waals surface area (Å²) in [6, 6.07) is 20.1. The van der Waals surface area contributed by atoms with E-state index in [0.717, 1.165) is 0 Å². The predicted molar refractivity (Wildman–Crippen MR) is 114 cm³/mol. The van der Waals surface area contributed by atoms with Crippen molar-refractivity contribution < 1.29 is 0 Å². The molecule has 0 aliphatic heterocycles. The fourth-order valence-corrected chi connectivity index (χ4v) is 3.71. The first kappa shape index (κ1) is 18.3. The molecule has 0 saturated carbocycles. The molecular weight excluding hydrogens is 421 g/mol. The van der Waals surface area contributed by atoms with Gasteiger partial charge in [-0.3, -0.25) is 4.40 Å². The lowest BCUT2D eigenvalue weighted by molar-refractivity contribution is 0.789. The Labute approximate surface area is 180 Å². The van der Waals surface area contributed by atoms with E-state index in [-0.39, 0.29) is 0 Å². The molecule has 2 aromatic carbocycles. The van der Waals surface area contributed by atoms with Crippen LogP contribution < -0.4 is 0 Å². The van der Waals surface area contributed by atoms with Crippen LogP contribution >= 0.6 is 23.2 Å². The van der Waals surface area contributed by atoms with Crippen LogP contribution in [0.15, 0.2) is 66.9 Å². The van der Waals surface area contributed by atoms with Gasteiger partial charge in [0, 0.05) is 16.8 Å². The Kier molecular flexibility index (Phi) is 4.43. The molecule has 0 aliphatic rings.